The molecule has 16 heavy (non-hydrogen) atoms. The van der Waals surface area contributed by atoms with Crippen molar-refractivity contribution >= 4 is 17.7 Å². The van der Waals surface area contributed by atoms with Gasteiger partial charge < -0.3 is 10.1 Å². The highest BCUT2D eigenvalue weighted by Gasteiger charge is 2.14. The van der Waals surface area contributed by atoms with E-state index in [1.807, 2.05) is 6.92 Å². The predicted octanol–water partition coefficient (Wildman–Crippen LogP) is 1.02. The maximum atomic E-state index is 11.7. The zero-order valence-corrected chi connectivity index (χ0v) is 9.14. The van der Waals surface area contributed by atoms with E-state index in [1.165, 1.54) is 6.33 Å². The van der Waals surface area contributed by atoms with Crippen molar-refractivity contribution < 1.29 is 14.7 Å². The van der Waals surface area contributed by atoms with Gasteiger partial charge >= 0.3 is 5.97 Å². The first-order chi connectivity index (χ1) is 7.65. The Kier molecular flexibility index (Phi) is 4.50. The van der Waals surface area contributed by atoms with E-state index >= 15 is 0 Å². The molecule has 0 unspecified atom stereocenters. The number of amides is 1. The summed E-state index contributed by atoms with van der Waals surface area (Å²) in [5.41, 5.74) is 0. The lowest BCUT2D eigenvalue weighted by molar-refractivity contribution is -0.137. The lowest BCUT2D eigenvalue weighted by Gasteiger charge is -2.18. The van der Waals surface area contributed by atoms with Crippen LogP contribution in [0.2, 0.25) is 0 Å². The molecule has 0 spiro atoms. The molecular formula is C10H15N3O3. The van der Waals surface area contributed by atoms with E-state index < -0.39 is 5.97 Å². The van der Waals surface area contributed by atoms with Crippen molar-refractivity contribution in [3.05, 3.63) is 12.5 Å². The minimum absolute atomic E-state index is 0.0201. The Morgan fingerprint density at radius 3 is 2.75 bits per heavy atom. The second-order valence-electron chi connectivity index (χ2n) is 3.32. The summed E-state index contributed by atoms with van der Waals surface area (Å²) in [6.07, 6.45) is 3.69. The SMILES string of the molecule is CCN(C(=O)CCCC(=O)O)c1cnc[nH]1. The zero-order chi connectivity index (χ0) is 12.0. The summed E-state index contributed by atoms with van der Waals surface area (Å²) in [5.74, 6) is -0.326. The zero-order valence-electron chi connectivity index (χ0n) is 9.14. The molecule has 0 fully saturated rings. The van der Waals surface area contributed by atoms with Gasteiger partial charge in [-0.25, -0.2) is 4.98 Å². The molecular weight excluding hydrogens is 210 g/mol. The normalized spacial score (nSPS) is 10.1. The Balaban J connectivity index is 2.48. The van der Waals surface area contributed by atoms with Crippen molar-refractivity contribution in [1.82, 2.24) is 9.97 Å². The fourth-order valence-corrected chi connectivity index (χ4v) is 1.40. The van der Waals surface area contributed by atoms with Gasteiger partial charge in [0.15, 0.2) is 0 Å². The van der Waals surface area contributed by atoms with Crippen molar-refractivity contribution in [2.24, 2.45) is 0 Å². The van der Waals surface area contributed by atoms with Crippen LogP contribution in [-0.2, 0) is 9.59 Å². The molecule has 0 aliphatic carbocycles. The highest BCUT2D eigenvalue weighted by molar-refractivity contribution is 5.92. The van der Waals surface area contributed by atoms with Crippen LogP contribution in [-0.4, -0.2) is 33.5 Å². The first kappa shape index (κ1) is 12.2. The van der Waals surface area contributed by atoms with Crippen molar-refractivity contribution in [3.63, 3.8) is 0 Å². The number of nitrogens with one attached hydrogen (secondary N) is 1. The lowest BCUT2D eigenvalue weighted by Crippen LogP contribution is -2.30. The van der Waals surface area contributed by atoms with Crippen LogP contribution in [0.15, 0.2) is 12.5 Å². The third kappa shape index (κ3) is 3.38. The van der Waals surface area contributed by atoms with Crippen LogP contribution < -0.4 is 4.90 Å². The van der Waals surface area contributed by atoms with Gasteiger partial charge in [-0.05, 0) is 13.3 Å². The molecule has 0 aliphatic rings. The number of hydrogen-bond donors (Lipinski definition) is 2. The second kappa shape index (κ2) is 5.89. The third-order valence-electron chi connectivity index (χ3n) is 2.17. The molecule has 1 rings (SSSR count). The Bertz CT molecular complexity index is 348. The first-order valence-corrected chi connectivity index (χ1v) is 5.15. The number of imidazole rings is 1. The van der Waals surface area contributed by atoms with Gasteiger partial charge in [0.05, 0.1) is 12.5 Å². The third-order valence-corrected chi connectivity index (χ3v) is 2.17. The number of aliphatic carboxylic acids is 1. The van der Waals surface area contributed by atoms with Gasteiger partial charge in [-0.2, -0.15) is 0 Å². The fourth-order valence-electron chi connectivity index (χ4n) is 1.40. The average Bonchev–Trinajstić information content (AvgIpc) is 2.71. The number of nitrogens with zero attached hydrogens (tertiary/aromatic N) is 2. The number of anilines is 1. The Morgan fingerprint density at radius 1 is 1.50 bits per heavy atom. The minimum Gasteiger partial charge on any atom is -0.481 e. The summed E-state index contributed by atoms with van der Waals surface area (Å²) < 4.78 is 0. The summed E-state index contributed by atoms with van der Waals surface area (Å²) in [6, 6.07) is 0. The lowest BCUT2D eigenvalue weighted by atomic mass is 10.2. The number of carbonyl (C=O) groups is 2. The first-order valence-electron chi connectivity index (χ1n) is 5.15. The van der Waals surface area contributed by atoms with E-state index in [-0.39, 0.29) is 18.7 Å². The number of aromatic nitrogens is 2. The van der Waals surface area contributed by atoms with Crippen molar-refractivity contribution in [2.75, 3.05) is 11.4 Å². The standard InChI is InChI=1S/C10H15N3O3/c1-2-13(8-6-11-7-12-8)9(14)4-3-5-10(15)16/h6-7H,2-5H2,1H3,(H,11,12)(H,15,16). The van der Waals surface area contributed by atoms with E-state index in [0.717, 1.165) is 0 Å². The Morgan fingerprint density at radius 2 is 2.25 bits per heavy atom. The molecule has 1 aromatic rings. The molecule has 0 atom stereocenters. The predicted molar refractivity (Wildman–Crippen MR) is 58.1 cm³/mol. The molecule has 0 aliphatic heterocycles. The summed E-state index contributed by atoms with van der Waals surface area (Å²) in [6.45, 7) is 2.39. The van der Waals surface area contributed by atoms with E-state index in [2.05, 4.69) is 9.97 Å². The average molecular weight is 225 g/mol. The number of rotatable bonds is 6. The summed E-state index contributed by atoms with van der Waals surface area (Å²) >= 11 is 0. The number of hydrogen-bond acceptors (Lipinski definition) is 3. The maximum Gasteiger partial charge on any atom is 0.303 e. The van der Waals surface area contributed by atoms with E-state index in [4.69, 9.17) is 5.11 Å². The van der Waals surface area contributed by atoms with Gasteiger partial charge in [-0.3, -0.25) is 14.5 Å². The van der Waals surface area contributed by atoms with Crippen molar-refractivity contribution in [2.45, 2.75) is 26.2 Å². The second-order valence-corrected chi connectivity index (χ2v) is 3.32. The number of carbonyl (C=O) groups excluding carboxylic acids is 1. The smallest absolute Gasteiger partial charge is 0.303 e. The van der Waals surface area contributed by atoms with Crippen LogP contribution in [0.4, 0.5) is 5.82 Å². The quantitative estimate of drug-likeness (QED) is 0.756. The van der Waals surface area contributed by atoms with Gasteiger partial charge in [0.25, 0.3) is 0 Å². The van der Waals surface area contributed by atoms with Crippen LogP contribution in [0.5, 0.6) is 0 Å². The Hall–Kier alpha value is -1.85. The van der Waals surface area contributed by atoms with Crippen LogP contribution >= 0.6 is 0 Å². The summed E-state index contributed by atoms with van der Waals surface area (Å²) in [4.78, 5) is 30.3. The summed E-state index contributed by atoms with van der Waals surface area (Å²) in [5, 5.41) is 8.47. The van der Waals surface area contributed by atoms with Gasteiger partial charge in [0.2, 0.25) is 5.91 Å². The molecule has 0 saturated heterocycles. The monoisotopic (exact) mass is 225 g/mol. The van der Waals surface area contributed by atoms with Crippen LogP contribution in [0.3, 0.4) is 0 Å². The number of carboxylic acid groups (broad SMARTS) is 1. The maximum absolute atomic E-state index is 11.7. The Labute approximate surface area is 93.3 Å². The highest BCUT2D eigenvalue weighted by Crippen LogP contribution is 2.11. The molecule has 0 aromatic carbocycles. The highest BCUT2D eigenvalue weighted by atomic mass is 16.4. The topological polar surface area (TPSA) is 86.3 Å². The molecule has 6 nitrogen and oxygen atoms in total. The van der Waals surface area contributed by atoms with Crippen molar-refractivity contribution in [1.29, 1.82) is 0 Å². The molecule has 6 heteroatoms. The number of H-pyrrole nitrogens is 1. The molecule has 1 amide bonds. The van der Waals surface area contributed by atoms with Gasteiger partial charge in [-0.1, -0.05) is 0 Å². The van der Waals surface area contributed by atoms with Crippen molar-refractivity contribution in [3.8, 4) is 0 Å². The molecule has 0 bridgehead atoms. The summed E-state index contributed by atoms with van der Waals surface area (Å²) in [7, 11) is 0. The minimum atomic E-state index is -0.877. The molecule has 1 heterocycles. The fraction of sp³-hybridized carbons (Fsp3) is 0.500. The van der Waals surface area contributed by atoms with Crippen LogP contribution in [0.25, 0.3) is 0 Å². The largest absolute Gasteiger partial charge is 0.481 e. The van der Waals surface area contributed by atoms with E-state index in [0.29, 0.717) is 18.8 Å². The molecule has 0 saturated carbocycles. The van der Waals surface area contributed by atoms with Crippen LogP contribution in [0.1, 0.15) is 26.2 Å². The molecule has 1 aromatic heterocycles. The van der Waals surface area contributed by atoms with Gasteiger partial charge in [-0.15, -0.1) is 0 Å². The number of aromatic amines is 1. The van der Waals surface area contributed by atoms with Gasteiger partial charge in [0, 0.05) is 19.4 Å². The molecule has 2 N–H and O–H groups in total. The van der Waals surface area contributed by atoms with E-state index in [9.17, 15) is 9.59 Å². The van der Waals surface area contributed by atoms with Gasteiger partial charge in [0.1, 0.15) is 5.82 Å². The number of carboxylic acids is 1. The van der Waals surface area contributed by atoms with E-state index in [1.54, 1.807) is 11.1 Å². The molecule has 88 valence electrons. The van der Waals surface area contributed by atoms with Crippen LogP contribution in [0, 0.1) is 0 Å². The molecule has 0 radical (unpaired) electrons.